The average Bonchev–Trinajstić information content (AvgIpc) is 2.64. The molecule has 2 heterocycles. The fourth-order valence-corrected chi connectivity index (χ4v) is 4.38. The highest BCUT2D eigenvalue weighted by Crippen LogP contribution is 2.32. The Morgan fingerprint density at radius 3 is 1.95 bits per heavy atom. The first kappa shape index (κ1) is 17.3. The minimum atomic E-state index is 0.345. The quantitative estimate of drug-likeness (QED) is 0.754. The van der Waals surface area contributed by atoms with E-state index in [0.717, 1.165) is 5.92 Å². The van der Waals surface area contributed by atoms with Crippen molar-refractivity contribution in [2.24, 2.45) is 5.92 Å². The van der Waals surface area contributed by atoms with Gasteiger partial charge in [0.2, 0.25) is 0 Å². The molecule has 0 radical (unpaired) electrons. The van der Waals surface area contributed by atoms with Gasteiger partial charge >= 0.3 is 0 Å². The molecule has 2 fully saturated rings. The first-order valence-electron chi connectivity index (χ1n) is 9.29. The molecule has 0 aromatic rings. The monoisotopic (exact) mass is 294 g/mol. The number of piperidine rings is 1. The highest BCUT2D eigenvalue weighted by atomic mass is 15.2. The van der Waals surface area contributed by atoms with Crippen LogP contribution in [0.25, 0.3) is 0 Å². The van der Waals surface area contributed by atoms with Crippen molar-refractivity contribution in [3.63, 3.8) is 0 Å². The van der Waals surface area contributed by atoms with Gasteiger partial charge in [0, 0.05) is 11.1 Å². The fourth-order valence-electron chi connectivity index (χ4n) is 4.38. The smallest absolute Gasteiger partial charge is 0.0155 e. The van der Waals surface area contributed by atoms with E-state index in [2.05, 4.69) is 44.4 Å². The molecule has 0 saturated carbocycles. The first-order valence-corrected chi connectivity index (χ1v) is 9.29. The maximum atomic E-state index is 2.77. The van der Waals surface area contributed by atoms with Gasteiger partial charge < -0.3 is 0 Å². The van der Waals surface area contributed by atoms with Gasteiger partial charge in [0.05, 0.1) is 0 Å². The van der Waals surface area contributed by atoms with Crippen LogP contribution in [0.5, 0.6) is 0 Å². The van der Waals surface area contributed by atoms with Crippen LogP contribution < -0.4 is 0 Å². The summed E-state index contributed by atoms with van der Waals surface area (Å²) in [6, 6.07) is 0. The van der Waals surface area contributed by atoms with E-state index in [1.165, 1.54) is 71.1 Å². The molecule has 2 aliphatic heterocycles. The zero-order chi connectivity index (χ0) is 15.5. The fraction of sp³-hybridized carbons (Fsp3) is 1.00. The van der Waals surface area contributed by atoms with Crippen molar-refractivity contribution in [1.29, 1.82) is 0 Å². The Labute approximate surface area is 133 Å². The summed E-state index contributed by atoms with van der Waals surface area (Å²) < 4.78 is 0. The van der Waals surface area contributed by atoms with Crippen molar-refractivity contribution in [3.8, 4) is 0 Å². The molecule has 0 N–H and O–H groups in total. The van der Waals surface area contributed by atoms with Crippen molar-refractivity contribution in [2.45, 2.75) is 90.6 Å². The predicted molar refractivity (Wildman–Crippen MR) is 92.8 cm³/mol. The molecule has 0 bridgehead atoms. The number of likely N-dealkylation sites (tertiary alicyclic amines) is 2. The topological polar surface area (TPSA) is 6.48 Å². The van der Waals surface area contributed by atoms with E-state index < -0.39 is 0 Å². The van der Waals surface area contributed by atoms with Gasteiger partial charge in [-0.25, -0.2) is 0 Å². The van der Waals surface area contributed by atoms with E-state index in [4.69, 9.17) is 0 Å². The lowest BCUT2D eigenvalue weighted by Crippen LogP contribution is -2.47. The molecule has 0 aromatic heterocycles. The Balaban J connectivity index is 1.87. The van der Waals surface area contributed by atoms with Crippen LogP contribution in [0.3, 0.4) is 0 Å². The Morgan fingerprint density at radius 1 is 0.714 bits per heavy atom. The van der Waals surface area contributed by atoms with Crippen molar-refractivity contribution < 1.29 is 0 Å². The van der Waals surface area contributed by atoms with Gasteiger partial charge in [-0.05, 0) is 105 Å². The molecule has 0 aliphatic carbocycles. The second kappa shape index (κ2) is 7.00. The molecule has 2 nitrogen and oxygen atoms in total. The van der Waals surface area contributed by atoms with Crippen LogP contribution in [0.15, 0.2) is 0 Å². The predicted octanol–water partition coefficient (Wildman–Crippen LogP) is 4.54. The summed E-state index contributed by atoms with van der Waals surface area (Å²) in [6.45, 7) is 17.3. The zero-order valence-corrected chi connectivity index (χ0v) is 15.2. The molecular formula is C19H38N2. The molecule has 2 heteroatoms. The van der Waals surface area contributed by atoms with Crippen molar-refractivity contribution in [2.75, 3.05) is 26.2 Å². The van der Waals surface area contributed by atoms with Crippen LogP contribution in [-0.2, 0) is 0 Å². The standard InChI is InChI=1S/C19H38N2/c1-18(2,3)20-14-9-10-17(11-15-20)16-19(4,5)21-12-7-6-8-13-21/h17H,6-16H2,1-5H3. The largest absolute Gasteiger partial charge is 0.298 e. The van der Waals surface area contributed by atoms with Crippen LogP contribution in [-0.4, -0.2) is 47.1 Å². The lowest BCUT2D eigenvalue weighted by molar-refractivity contribution is 0.0695. The molecule has 0 aromatic carbocycles. The summed E-state index contributed by atoms with van der Waals surface area (Å²) in [5, 5.41) is 0. The molecule has 0 amide bonds. The highest BCUT2D eigenvalue weighted by molar-refractivity contribution is 4.88. The Morgan fingerprint density at radius 2 is 1.33 bits per heavy atom. The van der Waals surface area contributed by atoms with E-state index in [1.54, 1.807) is 0 Å². The van der Waals surface area contributed by atoms with Gasteiger partial charge in [0.15, 0.2) is 0 Å². The molecule has 2 rings (SSSR count). The molecule has 21 heavy (non-hydrogen) atoms. The number of nitrogens with zero attached hydrogens (tertiary/aromatic N) is 2. The van der Waals surface area contributed by atoms with Gasteiger partial charge in [-0.15, -0.1) is 0 Å². The van der Waals surface area contributed by atoms with E-state index in [1.807, 2.05) is 0 Å². The Kier molecular flexibility index (Phi) is 5.76. The van der Waals surface area contributed by atoms with Crippen molar-refractivity contribution in [1.82, 2.24) is 9.80 Å². The summed E-state index contributed by atoms with van der Waals surface area (Å²) >= 11 is 0. The third kappa shape index (κ3) is 4.96. The van der Waals surface area contributed by atoms with E-state index in [0.29, 0.717) is 11.1 Å². The van der Waals surface area contributed by atoms with Crippen LogP contribution in [0.1, 0.15) is 79.6 Å². The second-order valence-corrected chi connectivity index (χ2v) is 9.02. The molecule has 124 valence electrons. The number of hydrogen-bond acceptors (Lipinski definition) is 2. The van der Waals surface area contributed by atoms with Crippen molar-refractivity contribution >= 4 is 0 Å². The van der Waals surface area contributed by atoms with Gasteiger partial charge in [-0.2, -0.15) is 0 Å². The van der Waals surface area contributed by atoms with Gasteiger partial charge in [-0.3, -0.25) is 9.80 Å². The van der Waals surface area contributed by atoms with Crippen LogP contribution in [0.2, 0.25) is 0 Å². The summed E-state index contributed by atoms with van der Waals surface area (Å²) in [5.41, 5.74) is 0.749. The van der Waals surface area contributed by atoms with Gasteiger partial charge in [-0.1, -0.05) is 6.42 Å². The first-order chi connectivity index (χ1) is 9.79. The molecule has 1 unspecified atom stereocenters. The summed E-state index contributed by atoms with van der Waals surface area (Å²) in [5.74, 6) is 0.925. The molecular weight excluding hydrogens is 256 g/mol. The highest BCUT2D eigenvalue weighted by Gasteiger charge is 2.32. The third-order valence-corrected chi connectivity index (χ3v) is 5.80. The van der Waals surface area contributed by atoms with Crippen LogP contribution in [0.4, 0.5) is 0 Å². The molecule has 2 aliphatic rings. The average molecular weight is 295 g/mol. The van der Waals surface area contributed by atoms with E-state index in [-0.39, 0.29) is 0 Å². The minimum absolute atomic E-state index is 0.345. The van der Waals surface area contributed by atoms with Gasteiger partial charge in [0.25, 0.3) is 0 Å². The minimum Gasteiger partial charge on any atom is -0.298 e. The second-order valence-electron chi connectivity index (χ2n) is 9.02. The van der Waals surface area contributed by atoms with Crippen molar-refractivity contribution in [3.05, 3.63) is 0 Å². The molecule has 0 spiro atoms. The maximum absolute atomic E-state index is 2.77. The Hall–Kier alpha value is -0.0800. The summed E-state index contributed by atoms with van der Waals surface area (Å²) in [4.78, 5) is 5.46. The molecule has 1 atom stereocenters. The van der Waals surface area contributed by atoms with E-state index in [9.17, 15) is 0 Å². The maximum Gasteiger partial charge on any atom is 0.0155 e. The lowest BCUT2D eigenvalue weighted by Gasteiger charge is -2.43. The number of hydrogen-bond donors (Lipinski definition) is 0. The lowest BCUT2D eigenvalue weighted by atomic mass is 9.84. The number of rotatable bonds is 3. The SMILES string of the molecule is CC(C)(C)N1CCCC(CC(C)(C)N2CCCCC2)CC1. The third-order valence-electron chi connectivity index (χ3n) is 5.80. The van der Waals surface area contributed by atoms with E-state index >= 15 is 0 Å². The summed E-state index contributed by atoms with van der Waals surface area (Å²) in [6.07, 6.45) is 9.87. The molecule has 2 saturated heterocycles. The zero-order valence-electron chi connectivity index (χ0n) is 15.2. The summed E-state index contributed by atoms with van der Waals surface area (Å²) in [7, 11) is 0. The van der Waals surface area contributed by atoms with Crippen LogP contribution in [0, 0.1) is 5.92 Å². The van der Waals surface area contributed by atoms with Crippen LogP contribution >= 0.6 is 0 Å². The van der Waals surface area contributed by atoms with Gasteiger partial charge in [0.1, 0.15) is 0 Å². The normalized spacial score (nSPS) is 27.6. The Bertz CT molecular complexity index is 310.